The minimum absolute atomic E-state index is 0.0110. The van der Waals surface area contributed by atoms with E-state index in [9.17, 15) is 4.39 Å². The van der Waals surface area contributed by atoms with E-state index in [1.165, 1.54) is 12.1 Å². The number of ether oxygens (including phenoxy) is 1. The van der Waals surface area contributed by atoms with Crippen LogP contribution in [-0.4, -0.2) is 6.61 Å². The molecule has 1 rings (SSSR count). The number of halogens is 1. The lowest BCUT2D eigenvalue weighted by molar-refractivity contribution is 0.306. The Hall–Kier alpha value is -2.07. The molecule has 0 N–H and O–H groups in total. The van der Waals surface area contributed by atoms with Crippen molar-refractivity contribution in [3.05, 3.63) is 29.6 Å². The van der Waals surface area contributed by atoms with Crippen molar-refractivity contribution < 1.29 is 9.13 Å². The lowest BCUT2D eigenvalue weighted by atomic mass is 10.2. The van der Waals surface area contributed by atoms with Gasteiger partial charge in [0.2, 0.25) is 0 Å². The Morgan fingerprint density at radius 3 is 2.69 bits per heavy atom. The van der Waals surface area contributed by atoms with Crippen molar-refractivity contribution in [2.75, 3.05) is 6.61 Å². The number of unbranched alkanes of at least 4 members (excludes halogenated alkanes) is 2. The van der Waals surface area contributed by atoms with Crippen molar-refractivity contribution in [3.8, 4) is 17.9 Å². The molecule has 0 aliphatic heterocycles. The van der Waals surface area contributed by atoms with Gasteiger partial charge in [0.05, 0.1) is 18.2 Å². The first-order valence-electron chi connectivity index (χ1n) is 4.97. The van der Waals surface area contributed by atoms with Crippen molar-refractivity contribution in [1.29, 1.82) is 10.5 Å². The molecule has 0 saturated heterocycles. The first kappa shape index (κ1) is 12.0. The van der Waals surface area contributed by atoms with E-state index in [1.807, 2.05) is 6.07 Å². The molecule has 0 spiro atoms. The first-order chi connectivity index (χ1) is 7.77. The third kappa shape index (κ3) is 3.59. The number of nitrogens with zero attached hydrogens (tertiary/aromatic N) is 2. The van der Waals surface area contributed by atoms with Gasteiger partial charge in [-0.1, -0.05) is 0 Å². The third-order valence-electron chi connectivity index (χ3n) is 2.01. The summed E-state index contributed by atoms with van der Waals surface area (Å²) < 4.78 is 18.4. The minimum atomic E-state index is -0.572. The van der Waals surface area contributed by atoms with Crippen molar-refractivity contribution >= 4 is 0 Å². The van der Waals surface area contributed by atoms with Gasteiger partial charge in [-0.15, -0.1) is 0 Å². The van der Waals surface area contributed by atoms with Gasteiger partial charge in [0.1, 0.15) is 17.6 Å². The Morgan fingerprint density at radius 2 is 2.06 bits per heavy atom. The molecule has 0 saturated carbocycles. The topological polar surface area (TPSA) is 56.8 Å². The van der Waals surface area contributed by atoms with E-state index >= 15 is 0 Å². The summed E-state index contributed by atoms with van der Waals surface area (Å²) in [4.78, 5) is 0. The van der Waals surface area contributed by atoms with E-state index in [0.29, 0.717) is 18.8 Å². The molecule has 0 radical (unpaired) electrons. The molecule has 0 aliphatic carbocycles. The molecule has 0 aromatic heterocycles. The van der Waals surface area contributed by atoms with Crippen molar-refractivity contribution in [3.63, 3.8) is 0 Å². The van der Waals surface area contributed by atoms with Crippen molar-refractivity contribution in [2.24, 2.45) is 0 Å². The van der Waals surface area contributed by atoms with Crippen LogP contribution in [0, 0.1) is 28.5 Å². The fourth-order valence-corrected chi connectivity index (χ4v) is 1.17. The Kier molecular flexibility index (Phi) is 4.82. The first-order valence-corrected chi connectivity index (χ1v) is 4.97. The normalized spacial score (nSPS) is 9.19. The molecule has 4 heteroatoms. The van der Waals surface area contributed by atoms with Crippen LogP contribution in [0.1, 0.15) is 24.8 Å². The zero-order chi connectivity index (χ0) is 11.8. The number of nitriles is 2. The van der Waals surface area contributed by atoms with E-state index in [-0.39, 0.29) is 5.56 Å². The van der Waals surface area contributed by atoms with Gasteiger partial charge in [-0.05, 0) is 25.0 Å². The number of hydrogen-bond acceptors (Lipinski definition) is 3. The van der Waals surface area contributed by atoms with Gasteiger partial charge in [0.15, 0.2) is 0 Å². The fraction of sp³-hybridized carbons (Fsp3) is 0.333. The molecule has 1 aromatic carbocycles. The van der Waals surface area contributed by atoms with E-state index in [0.717, 1.165) is 12.8 Å². The lowest BCUT2D eigenvalue weighted by Crippen LogP contribution is -1.98. The van der Waals surface area contributed by atoms with Gasteiger partial charge in [-0.3, -0.25) is 0 Å². The van der Waals surface area contributed by atoms with Crippen LogP contribution < -0.4 is 4.74 Å². The Bertz CT molecular complexity index is 432. The average molecular weight is 218 g/mol. The minimum Gasteiger partial charge on any atom is -0.493 e. The summed E-state index contributed by atoms with van der Waals surface area (Å²) in [5, 5.41) is 16.8. The van der Waals surface area contributed by atoms with Crippen LogP contribution >= 0.6 is 0 Å². The van der Waals surface area contributed by atoms with Crippen LogP contribution in [0.4, 0.5) is 4.39 Å². The maximum atomic E-state index is 13.1. The van der Waals surface area contributed by atoms with Gasteiger partial charge in [-0.25, -0.2) is 4.39 Å². The monoisotopic (exact) mass is 218 g/mol. The Morgan fingerprint density at radius 1 is 1.25 bits per heavy atom. The van der Waals surface area contributed by atoms with Crippen LogP contribution in [0.15, 0.2) is 18.2 Å². The molecule has 0 amide bonds. The predicted octanol–water partition coefficient (Wildman–Crippen LogP) is 2.77. The molecular formula is C12H11FN2O. The summed E-state index contributed by atoms with van der Waals surface area (Å²) >= 11 is 0. The second-order valence-electron chi connectivity index (χ2n) is 3.22. The molecule has 16 heavy (non-hydrogen) atoms. The highest BCUT2D eigenvalue weighted by molar-refractivity contribution is 5.36. The number of hydrogen-bond donors (Lipinski definition) is 0. The smallest absolute Gasteiger partial charge is 0.144 e. The predicted molar refractivity (Wildman–Crippen MR) is 56.1 cm³/mol. The molecule has 3 nitrogen and oxygen atoms in total. The maximum Gasteiger partial charge on any atom is 0.144 e. The SMILES string of the molecule is N#CCCCCOc1ccc(C#N)c(F)c1. The lowest BCUT2D eigenvalue weighted by Gasteiger charge is -2.05. The van der Waals surface area contributed by atoms with Gasteiger partial charge < -0.3 is 4.74 Å². The quantitative estimate of drug-likeness (QED) is 0.714. The molecular weight excluding hydrogens is 207 g/mol. The largest absolute Gasteiger partial charge is 0.493 e. The average Bonchev–Trinajstić information content (AvgIpc) is 2.29. The van der Waals surface area contributed by atoms with Crippen LogP contribution in [-0.2, 0) is 0 Å². The third-order valence-corrected chi connectivity index (χ3v) is 2.01. The summed E-state index contributed by atoms with van der Waals surface area (Å²) in [5.74, 6) is -0.162. The highest BCUT2D eigenvalue weighted by Gasteiger charge is 2.02. The van der Waals surface area contributed by atoms with E-state index in [2.05, 4.69) is 0 Å². The summed E-state index contributed by atoms with van der Waals surface area (Å²) in [6.07, 6.45) is 2.04. The molecule has 0 atom stereocenters. The molecule has 0 heterocycles. The van der Waals surface area contributed by atoms with Gasteiger partial charge in [0, 0.05) is 12.5 Å². The highest BCUT2D eigenvalue weighted by Crippen LogP contribution is 2.16. The Balaban J connectivity index is 2.41. The van der Waals surface area contributed by atoms with Crippen molar-refractivity contribution in [1.82, 2.24) is 0 Å². The molecule has 0 bridgehead atoms. The van der Waals surface area contributed by atoms with Crippen LogP contribution in [0.2, 0.25) is 0 Å². The maximum absolute atomic E-state index is 13.1. The van der Waals surface area contributed by atoms with Crippen LogP contribution in [0.3, 0.4) is 0 Å². The van der Waals surface area contributed by atoms with Crippen molar-refractivity contribution in [2.45, 2.75) is 19.3 Å². The molecule has 0 unspecified atom stereocenters. The van der Waals surface area contributed by atoms with Gasteiger partial charge in [-0.2, -0.15) is 10.5 Å². The Labute approximate surface area is 93.7 Å². The van der Waals surface area contributed by atoms with E-state index in [1.54, 1.807) is 12.1 Å². The van der Waals surface area contributed by atoms with E-state index in [4.69, 9.17) is 15.3 Å². The van der Waals surface area contributed by atoms with Crippen LogP contribution in [0.5, 0.6) is 5.75 Å². The van der Waals surface area contributed by atoms with Gasteiger partial charge >= 0.3 is 0 Å². The summed E-state index contributed by atoms with van der Waals surface area (Å²) in [6, 6.07) is 7.93. The summed E-state index contributed by atoms with van der Waals surface area (Å²) in [7, 11) is 0. The second kappa shape index (κ2) is 6.42. The molecule has 82 valence electrons. The zero-order valence-corrected chi connectivity index (χ0v) is 8.74. The standard InChI is InChI=1S/C12H11FN2O/c13-12-8-11(5-4-10(12)9-15)16-7-3-1-2-6-14/h4-5,8H,1-3,7H2. The molecule has 1 aromatic rings. The molecule has 0 aliphatic rings. The fourth-order valence-electron chi connectivity index (χ4n) is 1.17. The number of benzene rings is 1. The van der Waals surface area contributed by atoms with Crippen LogP contribution in [0.25, 0.3) is 0 Å². The summed E-state index contributed by atoms with van der Waals surface area (Å²) in [5.41, 5.74) is 0.0110. The van der Waals surface area contributed by atoms with E-state index < -0.39 is 5.82 Å². The number of rotatable bonds is 5. The summed E-state index contributed by atoms with van der Waals surface area (Å²) in [6.45, 7) is 0.451. The molecule has 0 fully saturated rings. The highest BCUT2D eigenvalue weighted by atomic mass is 19.1. The van der Waals surface area contributed by atoms with Gasteiger partial charge in [0.25, 0.3) is 0 Å². The zero-order valence-electron chi connectivity index (χ0n) is 8.74. The second-order valence-corrected chi connectivity index (χ2v) is 3.22.